The van der Waals surface area contributed by atoms with Crippen LogP contribution in [0.4, 0.5) is 4.79 Å². The fourth-order valence-corrected chi connectivity index (χ4v) is 3.55. The zero-order valence-electron chi connectivity index (χ0n) is 18.0. The minimum atomic E-state index is -1.71. The highest BCUT2D eigenvalue weighted by atomic mass is 35.5. The van der Waals surface area contributed by atoms with E-state index in [0.29, 0.717) is 22.0 Å². The lowest BCUT2D eigenvalue weighted by atomic mass is 9.75. The molecule has 7 nitrogen and oxygen atoms in total. The normalized spacial score (nSPS) is 12.7. The molecule has 10 heteroatoms. The highest BCUT2D eigenvalue weighted by Gasteiger charge is 2.30. The third kappa shape index (κ3) is 8.71. The second kappa shape index (κ2) is 12.7. The fourth-order valence-electron chi connectivity index (χ4n) is 3.17. The van der Waals surface area contributed by atoms with Gasteiger partial charge in [0.15, 0.2) is 0 Å². The predicted molar refractivity (Wildman–Crippen MR) is 127 cm³/mol. The van der Waals surface area contributed by atoms with Gasteiger partial charge >= 0.3 is 13.1 Å². The molecule has 5 N–H and O–H groups in total. The van der Waals surface area contributed by atoms with E-state index in [4.69, 9.17) is 23.2 Å². The summed E-state index contributed by atoms with van der Waals surface area (Å²) in [6, 6.07) is 12.7. The number of halogens is 2. The lowest BCUT2D eigenvalue weighted by Crippen LogP contribution is -2.56. The molecule has 0 aliphatic carbocycles. The number of benzene rings is 2. The standard InChI is InChI=1S/C22H28BCl2N3O4/c1-14(2)10-20(23(31)32)28-21(29)19(11-15-6-4-3-5-7-15)27-22(30)26-13-16-12-17(24)8-9-18(16)25/h3-9,12,14,19-20,31-32H,10-11,13H2,1-2H3,(H,28,29)(H2,26,27,30)/t19-,20-/m0/s1. The summed E-state index contributed by atoms with van der Waals surface area (Å²) in [5, 5.41) is 28.2. The fraction of sp³-hybridized carbons (Fsp3) is 0.364. The zero-order chi connectivity index (χ0) is 23.7. The summed E-state index contributed by atoms with van der Waals surface area (Å²) in [6.07, 6.45) is 0.606. The molecule has 2 rings (SSSR count). The Morgan fingerprint density at radius 3 is 2.34 bits per heavy atom. The summed E-state index contributed by atoms with van der Waals surface area (Å²) in [5.41, 5.74) is 1.48. The number of hydrogen-bond acceptors (Lipinski definition) is 4. The van der Waals surface area contributed by atoms with E-state index in [-0.39, 0.29) is 18.9 Å². The minimum Gasteiger partial charge on any atom is -0.426 e. The van der Waals surface area contributed by atoms with Crippen LogP contribution in [0.1, 0.15) is 31.4 Å². The van der Waals surface area contributed by atoms with Crippen LogP contribution in [-0.2, 0) is 17.8 Å². The highest BCUT2D eigenvalue weighted by molar-refractivity contribution is 6.43. The van der Waals surface area contributed by atoms with Crippen molar-refractivity contribution in [2.24, 2.45) is 5.92 Å². The van der Waals surface area contributed by atoms with Crippen LogP contribution in [0.3, 0.4) is 0 Å². The van der Waals surface area contributed by atoms with Crippen LogP contribution in [0, 0.1) is 5.92 Å². The maximum Gasteiger partial charge on any atom is 0.475 e. The topological polar surface area (TPSA) is 111 Å². The Morgan fingerprint density at radius 2 is 1.72 bits per heavy atom. The molecule has 0 spiro atoms. The van der Waals surface area contributed by atoms with Crippen LogP contribution in [0.25, 0.3) is 0 Å². The van der Waals surface area contributed by atoms with Crippen LogP contribution < -0.4 is 16.0 Å². The Bertz CT molecular complexity index is 900. The van der Waals surface area contributed by atoms with Gasteiger partial charge in [-0.2, -0.15) is 0 Å². The molecule has 0 unspecified atom stereocenters. The van der Waals surface area contributed by atoms with Gasteiger partial charge in [-0.05, 0) is 41.7 Å². The van der Waals surface area contributed by atoms with Crippen molar-refractivity contribution in [1.29, 1.82) is 0 Å². The number of urea groups is 1. The number of hydrogen-bond donors (Lipinski definition) is 5. The Kier molecular flexibility index (Phi) is 10.3. The molecule has 0 aliphatic rings. The lowest BCUT2D eigenvalue weighted by molar-refractivity contribution is -0.123. The first-order valence-electron chi connectivity index (χ1n) is 10.3. The third-order valence-electron chi connectivity index (χ3n) is 4.76. The molecule has 0 aromatic heterocycles. The summed E-state index contributed by atoms with van der Waals surface area (Å²) in [4.78, 5) is 25.5. The highest BCUT2D eigenvalue weighted by Crippen LogP contribution is 2.20. The lowest BCUT2D eigenvalue weighted by Gasteiger charge is -2.24. The molecule has 2 aromatic carbocycles. The number of amides is 3. The van der Waals surface area contributed by atoms with Gasteiger partial charge in [-0.15, -0.1) is 0 Å². The van der Waals surface area contributed by atoms with Crippen molar-refractivity contribution in [3.05, 3.63) is 69.7 Å². The van der Waals surface area contributed by atoms with Crippen LogP contribution in [0.5, 0.6) is 0 Å². The number of rotatable bonds is 10. The Balaban J connectivity index is 2.09. The molecule has 3 amide bonds. The number of nitrogens with one attached hydrogen (secondary N) is 3. The van der Waals surface area contributed by atoms with E-state index in [1.807, 2.05) is 44.2 Å². The van der Waals surface area contributed by atoms with Gasteiger partial charge in [0.1, 0.15) is 6.04 Å². The Morgan fingerprint density at radius 1 is 1.03 bits per heavy atom. The van der Waals surface area contributed by atoms with Crippen molar-refractivity contribution >= 4 is 42.3 Å². The molecule has 0 radical (unpaired) electrons. The molecule has 172 valence electrons. The van der Waals surface area contributed by atoms with E-state index in [1.165, 1.54) is 0 Å². The maximum atomic E-state index is 12.9. The molecule has 2 atom stereocenters. The van der Waals surface area contributed by atoms with E-state index in [0.717, 1.165) is 5.56 Å². The monoisotopic (exact) mass is 479 g/mol. The van der Waals surface area contributed by atoms with Crippen LogP contribution >= 0.6 is 23.2 Å². The summed E-state index contributed by atoms with van der Waals surface area (Å²) in [7, 11) is -1.71. The molecule has 0 aliphatic heterocycles. The van der Waals surface area contributed by atoms with E-state index < -0.39 is 31.0 Å². The van der Waals surface area contributed by atoms with E-state index >= 15 is 0 Å². The van der Waals surface area contributed by atoms with Gasteiger partial charge < -0.3 is 26.0 Å². The van der Waals surface area contributed by atoms with E-state index in [2.05, 4.69) is 16.0 Å². The van der Waals surface area contributed by atoms with Crippen LogP contribution in [-0.4, -0.2) is 41.1 Å². The molecule has 0 fully saturated rings. The molecule has 0 heterocycles. The van der Waals surface area contributed by atoms with Gasteiger partial charge in [0.2, 0.25) is 5.91 Å². The Hall–Kier alpha value is -2.26. The van der Waals surface area contributed by atoms with Gasteiger partial charge in [0, 0.05) is 23.0 Å². The van der Waals surface area contributed by atoms with Crippen LogP contribution in [0.2, 0.25) is 10.0 Å². The van der Waals surface area contributed by atoms with Gasteiger partial charge in [0.05, 0.1) is 5.94 Å². The molecule has 0 bridgehead atoms. The second-order valence-electron chi connectivity index (χ2n) is 7.96. The Labute approximate surface area is 198 Å². The maximum absolute atomic E-state index is 12.9. The predicted octanol–water partition coefficient (Wildman–Crippen LogP) is 2.95. The first-order chi connectivity index (χ1) is 15.2. The van der Waals surface area contributed by atoms with Gasteiger partial charge in [-0.1, -0.05) is 67.4 Å². The van der Waals surface area contributed by atoms with Crippen molar-refractivity contribution in [3.8, 4) is 0 Å². The largest absolute Gasteiger partial charge is 0.475 e. The minimum absolute atomic E-state index is 0.121. The average molecular weight is 480 g/mol. The summed E-state index contributed by atoms with van der Waals surface area (Å²) < 4.78 is 0. The van der Waals surface area contributed by atoms with Crippen molar-refractivity contribution in [2.75, 3.05) is 0 Å². The quantitative estimate of drug-likeness (QED) is 0.337. The van der Waals surface area contributed by atoms with Crippen molar-refractivity contribution in [3.63, 3.8) is 0 Å². The molecule has 2 aromatic rings. The van der Waals surface area contributed by atoms with Gasteiger partial charge in [-0.25, -0.2) is 4.79 Å². The molecule has 0 saturated heterocycles. The van der Waals surface area contributed by atoms with Crippen molar-refractivity contribution in [1.82, 2.24) is 16.0 Å². The van der Waals surface area contributed by atoms with Crippen molar-refractivity contribution < 1.29 is 19.6 Å². The summed E-state index contributed by atoms with van der Waals surface area (Å²) >= 11 is 12.1. The molecular formula is C22H28BCl2N3O4. The summed E-state index contributed by atoms with van der Waals surface area (Å²) in [5.74, 6) is -1.23. The van der Waals surface area contributed by atoms with Crippen LogP contribution in [0.15, 0.2) is 48.5 Å². The average Bonchev–Trinajstić information content (AvgIpc) is 2.73. The molecule has 32 heavy (non-hydrogen) atoms. The first-order valence-corrected chi connectivity index (χ1v) is 11.1. The summed E-state index contributed by atoms with van der Waals surface area (Å²) in [6.45, 7) is 3.95. The number of carbonyl (C=O) groups is 2. The van der Waals surface area contributed by atoms with Gasteiger partial charge in [0.25, 0.3) is 0 Å². The third-order valence-corrected chi connectivity index (χ3v) is 5.37. The first kappa shape index (κ1) is 26.0. The SMILES string of the molecule is CC(C)C[C@H](NC(=O)[C@H](Cc1ccccc1)NC(=O)NCc1cc(Cl)ccc1Cl)B(O)O. The van der Waals surface area contributed by atoms with E-state index in [1.54, 1.807) is 18.2 Å². The zero-order valence-corrected chi connectivity index (χ0v) is 19.5. The van der Waals surface area contributed by atoms with E-state index in [9.17, 15) is 19.6 Å². The molecular weight excluding hydrogens is 452 g/mol. The second-order valence-corrected chi connectivity index (χ2v) is 8.81. The van der Waals surface area contributed by atoms with Gasteiger partial charge in [-0.3, -0.25) is 4.79 Å². The van der Waals surface area contributed by atoms with Crippen molar-refractivity contribution in [2.45, 2.75) is 45.2 Å². The molecule has 0 saturated carbocycles. The smallest absolute Gasteiger partial charge is 0.426 e. The number of carbonyl (C=O) groups excluding carboxylic acids is 2.